The summed E-state index contributed by atoms with van der Waals surface area (Å²) in [6.45, 7) is 2.31. The molecular weight excluding hydrogens is 601 g/mol. The molecule has 11 nitrogen and oxygen atoms in total. The average molecular weight is 635 g/mol. The summed E-state index contributed by atoms with van der Waals surface area (Å²) in [5.74, 6) is 0.307. The molecule has 42 heavy (non-hydrogen) atoms. The first-order valence-electron chi connectivity index (χ1n) is 13.6. The molecule has 14 heteroatoms. The van der Waals surface area contributed by atoms with E-state index >= 15 is 0 Å². The van der Waals surface area contributed by atoms with Gasteiger partial charge in [-0.3, -0.25) is 4.79 Å². The molecule has 2 fully saturated rings. The molecule has 2 aromatic carbocycles. The lowest BCUT2D eigenvalue weighted by atomic mass is 10.1. The van der Waals surface area contributed by atoms with E-state index in [1.54, 1.807) is 54.6 Å². The molecule has 0 unspecified atom stereocenters. The summed E-state index contributed by atoms with van der Waals surface area (Å²) >= 11 is 1.14. The largest absolute Gasteiger partial charge is 0.497 e. The number of nitrogens with zero attached hydrogens (tertiary/aromatic N) is 2. The van der Waals surface area contributed by atoms with Crippen molar-refractivity contribution in [2.45, 2.75) is 34.5 Å². The zero-order valence-corrected chi connectivity index (χ0v) is 25.6. The molecule has 3 aromatic rings. The van der Waals surface area contributed by atoms with Gasteiger partial charge in [0.15, 0.2) is 0 Å². The van der Waals surface area contributed by atoms with Crippen molar-refractivity contribution in [1.82, 2.24) is 13.9 Å². The van der Waals surface area contributed by atoms with Crippen LogP contribution in [0.25, 0.3) is 0 Å². The SMILES string of the molecule is COc1cccc(C(=O)NCc2ccc(S(=O)(=O)N3CCC(Nc4cccc(S(=O)(=O)N5CCOCC5)c4)CC3)s2)c1. The molecule has 3 heterocycles. The summed E-state index contributed by atoms with van der Waals surface area (Å²) in [6, 6.07) is 16.9. The van der Waals surface area contributed by atoms with E-state index in [-0.39, 0.29) is 27.6 Å². The number of morpholine rings is 1. The number of hydrogen-bond acceptors (Lipinski definition) is 9. The van der Waals surface area contributed by atoms with Gasteiger partial charge in [0.05, 0.1) is 31.8 Å². The van der Waals surface area contributed by atoms with Crippen LogP contribution in [0.4, 0.5) is 5.69 Å². The number of carbonyl (C=O) groups excluding carboxylic acids is 1. The van der Waals surface area contributed by atoms with Crippen molar-refractivity contribution in [3.05, 3.63) is 71.1 Å². The molecular formula is C28H34N4O7S3. The third kappa shape index (κ3) is 6.96. The van der Waals surface area contributed by atoms with Crippen LogP contribution in [-0.2, 0) is 31.3 Å². The van der Waals surface area contributed by atoms with E-state index in [9.17, 15) is 21.6 Å². The maximum atomic E-state index is 13.3. The minimum Gasteiger partial charge on any atom is -0.497 e. The predicted octanol–water partition coefficient (Wildman–Crippen LogP) is 2.97. The van der Waals surface area contributed by atoms with Gasteiger partial charge in [0.1, 0.15) is 9.96 Å². The van der Waals surface area contributed by atoms with E-state index in [0.717, 1.165) is 16.2 Å². The first-order chi connectivity index (χ1) is 20.2. The summed E-state index contributed by atoms with van der Waals surface area (Å²) in [6.07, 6.45) is 1.16. The Balaban J connectivity index is 1.15. The van der Waals surface area contributed by atoms with Gasteiger partial charge in [-0.1, -0.05) is 12.1 Å². The highest BCUT2D eigenvalue weighted by molar-refractivity contribution is 7.91. The van der Waals surface area contributed by atoms with Gasteiger partial charge < -0.3 is 20.1 Å². The minimum absolute atomic E-state index is 0.00325. The molecule has 0 atom stereocenters. The van der Waals surface area contributed by atoms with Crippen LogP contribution in [-0.4, -0.2) is 83.9 Å². The van der Waals surface area contributed by atoms with Crippen LogP contribution in [0.1, 0.15) is 28.1 Å². The lowest BCUT2D eigenvalue weighted by molar-refractivity contribution is 0.0730. The number of thiophene rings is 1. The van der Waals surface area contributed by atoms with Crippen LogP contribution in [0, 0.1) is 0 Å². The number of sulfonamides is 2. The normalized spacial score (nSPS) is 17.5. The molecule has 2 aliphatic rings. The highest BCUT2D eigenvalue weighted by Gasteiger charge is 2.31. The maximum absolute atomic E-state index is 13.3. The third-order valence-corrected chi connectivity index (χ3v) is 12.6. The Morgan fingerprint density at radius 2 is 1.64 bits per heavy atom. The fraction of sp³-hybridized carbons (Fsp3) is 0.393. The monoisotopic (exact) mass is 634 g/mol. The van der Waals surface area contributed by atoms with Gasteiger partial charge >= 0.3 is 0 Å². The Morgan fingerprint density at radius 1 is 0.929 bits per heavy atom. The van der Waals surface area contributed by atoms with Gasteiger partial charge in [-0.05, 0) is 61.4 Å². The zero-order chi connectivity index (χ0) is 29.7. The number of benzene rings is 2. The van der Waals surface area contributed by atoms with Crippen molar-refractivity contribution in [1.29, 1.82) is 0 Å². The Morgan fingerprint density at radius 3 is 2.38 bits per heavy atom. The number of hydrogen-bond donors (Lipinski definition) is 2. The van der Waals surface area contributed by atoms with Gasteiger partial charge in [0.2, 0.25) is 10.0 Å². The molecule has 0 aliphatic carbocycles. The van der Waals surface area contributed by atoms with E-state index in [1.165, 1.54) is 15.7 Å². The number of nitrogens with one attached hydrogen (secondary N) is 2. The van der Waals surface area contributed by atoms with E-state index in [4.69, 9.17) is 9.47 Å². The molecule has 0 spiro atoms. The van der Waals surface area contributed by atoms with Crippen molar-refractivity contribution in [3.8, 4) is 5.75 Å². The maximum Gasteiger partial charge on any atom is 0.252 e. The van der Waals surface area contributed by atoms with Crippen molar-refractivity contribution < 1.29 is 31.1 Å². The Bertz CT molecular complexity index is 1610. The van der Waals surface area contributed by atoms with Crippen molar-refractivity contribution >= 4 is 43.0 Å². The quantitative estimate of drug-likeness (QED) is 0.348. The zero-order valence-electron chi connectivity index (χ0n) is 23.2. The molecule has 1 aromatic heterocycles. The number of carbonyl (C=O) groups is 1. The van der Waals surface area contributed by atoms with Gasteiger partial charge in [-0.15, -0.1) is 11.3 Å². The fourth-order valence-corrected chi connectivity index (χ4v) is 9.29. The van der Waals surface area contributed by atoms with Crippen molar-refractivity contribution in [2.75, 3.05) is 51.8 Å². The number of amides is 1. The van der Waals surface area contributed by atoms with Crippen molar-refractivity contribution in [3.63, 3.8) is 0 Å². The number of piperidine rings is 1. The summed E-state index contributed by atoms with van der Waals surface area (Å²) < 4.78 is 66.3. The fourth-order valence-electron chi connectivity index (χ4n) is 4.91. The second-order valence-corrected chi connectivity index (χ2v) is 15.3. The van der Waals surface area contributed by atoms with E-state index in [2.05, 4.69) is 10.6 Å². The van der Waals surface area contributed by atoms with Crippen LogP contribution < -0.4 is 15.4 Å². The predicted molar refractivity (Wildman–Crippen MR) is 160 cm³/mol. The second kappa shape index (κ2) is 13.1. The molecule has 5 rings (SSSR count). The third-order valence-electron chi connectivity index (χ3n) is 7.25. The first kappa shape index (κ1) is 30.4. The smallest absolute Gasteiger partial charge is 0.252 e. The lowest BCUT2D eigenvalue weighted by Gasteiger charge is -2.32. The van der Waals surface area contributed by atoms with Gasteiger partial charge in [-0.25, -0.2) is 16.8 Å². The van der Waals surface area contributed by atoms with E-state index < -0.39 is 20.0 Å². The average Bonchev–Trinajstić information content (AvgIpc) is 3.51. The van der Waals surface area contributed by atoms with Crippen LogP contribution in [0.5, 0.6) is 5.75 Å². The molecule has 2 saturated heterocycles. The van der Waals surface area contributed by atoms with Crippen LogP contribution in [0.3, 0.4) is 0 Å². The van der Waals surface area contributed by atoms with E-state index in [0.29, 0.717) is 69.2 Å². The molecule has 2 N–H and O–H groups in total. The standard InChI is InChI=1S/C28H34N4O7S3/c1-38-24-6-2-4-21(18-24)28(33)29-20-25-8-9-27(40-25)42(36,37)31-12-10-22(11-13-31)30-23-5-3-7-26(19-23)41(34,35)32-14-16-39-17-15-32/h2-9,18-19,22,30H,10-17,20H2,1H3,(H,29,33). The van der Waals surface area contributed by atoms with Gasteiger partial charge in [0, 0.05) is 48.3 Å². The molecule has 2 aliphatic heterocycles. The van der Waals surface area contributed by atoms with Crippen molar-refractivity contribution in [2.24, 2.45) is 0 Å². The Hall–Kier alpha value is -3.01. The highest BCUT2D eigenvalue weighted by Crippen LogP contribution is 2.29. The van der Waals surface area contributed by atoms with Gasteiger partial charge in [-0.2, -0.15) is 8.61 Å². The van der Waals surface area contributed by atoms with Crippen LogP contribution in [0.15, 0.2) is 69.8 Å². The summed E-state index contributed by atoms with van der Waals surface area (Å²) in [5, 5.41) is 6.21. The second-order valence-electron chi connectivity index (χ2n) is 10.0. The summed E-state index contributed by atoms with van der Waals surface area (Å²) in [4.78, 5) is 13.5. The molecule has 0 radical (unpaired) electrons. The molecule has 0 bridgehead atoms. The minimum atomic E-state index is -3.68. The Labute approximate surface area is 250 Å². The Kier molecular flexibility index (Phi) is 9.50. The summed E-state index contributed by atoms with van der Waals surface area (Å²) in [5.41, 5.74) is 1.14. The summed E-state index contributed by atoms with van der Waals surface area (Å²) in [7, 11) is -5.75. The number of methoxy groups -OCH3 is 1. The molecule has 226 valence electrons. The van der Waals surface area contributed by atoms with Crippen LogP contribution in [0.2, 0.25) is 0 Å². The van der Waals surface area contributed by atoms with Gasteiger partial charge in [0.25, 0.3) is 15.9 Å². The lowest BCUT2D eigenvalue weighted by Crippen LogP contribution is -2.42. The highest BCUT2D eigenvalue weighted by atomic mass is 32.2. The van der Waals surface area contributed by atoms with Crippen LogP contribution >= 0.6 is 11.3 Å². The van der Waals surface area contributed by atoms with E-state index in [1.807, 2.05) is 6.07 Å². The number of ether oxygens (including phenoxy) is 2. The first-order valence-corrected chi connectivity index (χ1v) is 17.3. The topological polar surface area (TPSA) is 134 Å². The number of rotatable bonds is 10. The molecule has 1 amide bonds. The molecule has 0 saturated carbocycles. The number of anilines is 1.